The summed E-state index contributed by atoms with van der Waals surface area (Å²) < 4.78 is 0. The summed E-state index contributed by atoms with van der Waals surface area (Å²) >= 11 is 6.04. The summed E-state index contributed by atoms with van der Waals surface area (Å²) in [5.41, 5.74) is 4.27. The van der Waals surface area contributed by atoms with Gasteiger partial charge in [-0.2, -0.15) is 0 Å². The minimum Gasteiger partial charge on any atom is -0.355 e. The normalized spacial score (nSPS) is 11.2. The van der Waals surface area contributed by atoms with Crippen molar-refractivity contribution in [3.63, 3.8) is 0 Å². The van der Waals surface area contributed by atoms with E-state index in [1.54, 1.807) is 6.20 Å². The van der Waals surface area contributed by atoms with E-state index in [1.165, 1.54) is 5.56 Å². The first-order valence-corrected chi connectivity index (χ1v) is 8.60. The average molecular weight is 340 g/mol. The monoisotopic (exact) mass is 339 g/mol. The molecule has 0 unspecified atom stereocenters. The molecule has 4 heteroatoms. The standard InChI is InChI=1S/C20H22ClN3/c1-14(2)12-22-13-15-3-6-17(7-4-15)24-19-9-10-23-20-11-16(21)5-8-18(19)20/h3-11,14,22H,12-13H2,1-2H3,(H,23,24). The number of hydrogen-bond donors (Lipinski definition) is 2. The Morgan fingerprint density at radius 1 is 1.04 bits per heavy atom. The topological polar surface area (TPSA) is 37.0 Å². The van der Waals surface area contributed by atoms with E-state index >= 15 is 0 Å². The minimum absolute atomic E-state index is 0.666. The zero-order chi connectivity index (χ0) is 16.9. The minimum atomic E-state index is 0.666. The maximum Gasteiger partial charge on any atom is 0.0737 e. The summed E-state index contributed by atoms with van der Waals surface area (Å²) in [5, 5.41) is 8.68. The van der Waals surface area contributed by atoms with Crippen molar-refractivity contribution in [1.82, 2.24) is 10.3 Å². The van der Waals surface area contributed by atoms with Gasteiger partial charge in [-0.3, -0.25) is 4.98 Å². The van der Waals surface area contributed by atoms with Gasteiger partial charge in [0.2, 0.25) is 0 Å². The number of anilines is 2. The highest BCUT2D eigenvalue weighted by Crippen LogP contribution is 2.27. The van der Waals surface area contributed by atoms with Gasteiger partial charge in [0.15, 0.2) is 0 Å². The number of benzene rings is 2. The van der Waals surface area contributed by atoms with E-state index in [0.29, 0.717) is 10.9 Å². The highest BCUT2D eigenvalue weighted by Gasteiger charge is 2.03. The molecule has 3 nitrogen and oxygen atoms in total. The van der Waals surface area contributed by atoms with Gasteiger partial charge in [-0.1, -0.05) is 37.6 Å². The number of hydrogen-bond acceptors (Lipinski definition) is 3. The van der Waals surface area contributed by atoms with Gasteiger partial charge in [0.1, 0.15) is 0 Å². The van der Waals surface area contributed by atoms with Gasteiger partial charge < -0.3 is 10.6 Å². The molecule has 24 heavy (non-hydrogen) atoms. The highest BCUT2D eigenvalue weighted by molar-refractivity contribution is 6.31. The lowest BCUT2D eigenvalue weighted by atomic mass is 10.1. The fraction of sp³-hybridized carbons (Fsp3) is 0.250. The lowest BCUT2D eigenvalue weighted by Gasteiger charge is -2.11. The molecule has 1 heterocycles. The maximum atomic E-state index is 6.04. The second kappa shape index (κ2) is 7.65. The van der Waals surface area contributed by atoms with E-state index in [1.807, 2.05) is 24.3 Å². The van der Waals surface area contributed by atoms with Crippen LogP contribution in [0.2, 0.25) is 5.02 Å². The fourth-order valence-electron chi connectivity index (χ4n) is 2.60. The number of pyridine rings is 1. The van der Waals surface area contributed by atoms with E-state index in [2.05, 4.69) is 53.7 Å². The summed E-state index contributed by atoms with van der Waals surface area (Å²) in [6.45, 7) is 6.36. The third kappa shape index (κ3) is 4.25. The van der Waals surface area contributed by atoms with Crippen LogP contribution in [-0.2, 0) is 6.54 Å². The Kier molecular flexibility index (Phi) is 5.34. The summed E-state index contributed by atoms with van der Waals surface area (Å²) in [4.78, 5) is 4.37. The predicted octanol–water partition coefficient (Wildman–Crippen LogP) is 5.38. The van der Waals surface area contributed by atoms with Crippen LogP contribution >= 0.6 is 11.6 Å². The number of fused-ring (bicyclic) bond motifs is 1. The van der Waals surface area contributed by atoms with Crippen molar-refractivity contribution < 1.29 is 0 Å². The highest BCUT2D eigenvalue weighted by atomic mass is 35.5. The molecular weight excluding hydrogens is 318 g/mol. The summed E-state index contributed by atoms with van der Waals surface area (Å²) in [6.07, 6.45) is 1.80. The quantitative estimate of drug-likeness (QED) is 0.633. The molecule has 0 fully saturated rings. The zero-order valence-corrected chi connectivity index (χ0v) is 14.8. The Morgan fingerprint density at radius 2 is 1.83 bits per heavy atom. The Hall–Kier alpha value is -2.10. The Balaban J connectivity index is 1.72. The van der Waals surface area contributed by atoms with Crippen LogP contribution in [0.1, 0.15) is 19.4 Å². The van der Waals surface area contributed by atoms with Gasteiger partial charge in [0, 0.05) is 34.5 Å². The first-order chi connectivity index (χ1) is 11.6. The van der Waals surface area contributed by atoms with Crippen LogP contribution in [0.4, 0.5) is 11.4 Å². The molecule has 0 atom stereocenters. The van der Waals surface area contributed by atoms with Crippen LogP contribution in [0.3, 0.4) is 0 Å². The van der Waals surface area contributed by atoms with Crippen molar-refractivity contribution >= 4 is 33.9 Å². The number of aromatic nitrogens is 1. The largest absolute Gasteiger partial charge is 0.355 e. The molecule has 0 saturated carbocycles. The van der Waals surface area contributed by atoms with E-state index in [-0.39, 0.29) is 0 Å². The van der Waals surface area contributed by atoms with Gasteiger partial charge in [-0.25, -0.2) is 0 Å². The van der Waals surface area contributed by atoms with Gasteiger partial charge in [0.25, 0.3) is 0 Å². The van der Waals surface area contributed by atoms with Crippen molar-refractivity contribution in [2.45, 2.75) is 20.4 Å². The lowest BCUT2D eigenvalue weighted by Crippen LogP contribution is -2.18. The summed E-state index contributed by atoms with van der Waals surface area (Å²) in [6, 6.07) is 16.3. The Bertz CT molecular complexity index is 813. The third-order valence-corrected chi connectivity index (χ3v) is 4.05. The van der Waals surface area contributed by atoms with Crippen molar-refractivity contribution in [3.8, 4) is 0 Å². The number of nitrogens with zero attached hydrogens (tertiary/aromatic N) is 1. The van der Waals surface area contributed by atoms with Crippen molar-refractivity contribution in [2.75, 3.05) is 11.9 Å². The molecule has 3 aromatic rings. The fourth-order valence-corrected chi connectivity index (χ4v) is 2.76. The average Bonchev–Trinajstić information content (AvgIpc) is 2.56. The third-order valence-electron chi connectivity index (χ3n) is 3.82. The molecular formula is C20H22ClN3. The molecule has 0 aliphatic heterocycles. The second-order valence-corrected chi connectivity index (χ2v) is 6.80. The van der Waals surface area contributed by atoms with E-state index < -0.39 is 0 Å². The molecule has 0 aliphatic carbocycles. The van der Waals surface area contributed by atoms with E-state index in [9.17, 15) is 0 Å². The van der Waals surface area contributed by atoms with Crippen LogP contribution in [0.25, 0.3) is 10.9 Å². The first kappa shape index (κ1) is 16.7. The zero-order valence-electron chi connectivity index (χ0n) is 14.0. The van der Waals surface area contributed by atoms with Crippen LogP contribution in [-0.4, -0.2) is 11.5 Å². The second-order valence-electron chi connectivity index (χ2n) is 6.37. The molecule has 0 saturated heterocycles. The van der Waals surface area contributed by atoms with Crippen LogP contribution in [0.5, 0.6) is 0 Å². The first-order valence-electron chi connectivity index (χ1n) is 8.23. The maximum absolute atomic E-state index is 6.04. The van der Waals surface area contributed by atoms with Crippen molar-refractivity contribution in [2.24, 2.45) is 5.92 Å². The van der Waals surface area contributed by atoms with Gasteiger partial charge in [-0.15, -0.1) is 0 Å². The SMILES string of the molecule is CC(C)CNCc1ccc(Nc2ccnc3cc(Cl)ccc23)cc1. The van der Waals surface area contributed by atoms with Crippen LogP contribution in [0.15, 0.2) is 54.7 Å². The smallest absolute Gasteiger partial charge is 0.0737 e. The number of rotatable bonds is 6. The summed E-state index contributed by atoms with van der Waals surface area (Å²) in [7, 11) is 0. The molecule has 0 bridgehead atoms. The van der Waals surface area contributed by atoms with Gasteiger partial charge in [-0.05, 0) is 54.4 Å². The Morgan fingerprint density at radius 3 is 2.58 bits per heavy atom. The van der Waals surface area contributed by atoms with E-state index in [4.69, 9.17) is 11.6 Å². The number of nitrogens with one attached hydrogen (secondary N) is 2. The molecule has 0 amide bonds. The van der Waals surface area contributed by atoms with Crippen LogP contribution < -0.4 is 10.6 Å². The number of halogens is 1. The van der Waals surface area contributed by atoms with Crippen LogP contribution in [0, 0.1) is 5.92 Å². The van der Waals surface area contributed by atoms with Crippen molar-refractivity contribution in [1.29, 1.82) is 0 Å². The molecule has 2 N–H and O–H groups in total. The molecule has 3 rings (SSSR count). The van der Waals surface area contributed by atoms with Gasteiger partial charge in [0.05, 0.1) is 5.52 Å². The summed E-state index contributed by atoms with van der Waals surface area (Å²) in [5.74, 6) is 0.666. The molecule has 0 spiro atoms. The molecule has 124 valence electrons. The molecule has 0 radical (unpaired) electrons. The van der Waals surface area contributed by atoms with Gasteiger partial charge >= 0.3 is 0 Å². The van der Waals surface area contributed by atoms with E-state index in [0.717, 1.165) is 35.4 Å². The molecule has 2 aromatic carbocycles. The Labute approximate surface area is 148 Å². The lowest BCUT2D eigenvalue weighted by molar-refractivity contribution is 0.552. The van der Waals surface area contributed by atoms with Crippen molar-refractivity contribution in [3.05, 3.63) is 65.3 Å². The molecule has 1 aromatic heterocycles. The predicted molar refractivity (Wildman–Crippen MR) is 103 cm³/mol. The molecule has 0 aliphatic rings.